The van der Waals surface area contributed by atoms with Crippen LogP contribution in [-0.2, 0) is 4.79 Å². The number of anilines is 1. The highest BCUT2D eigenvalue weighted by molar-refractivity contribution is 6.09. The number of hydrazone groups is 1. The predicted molar refractivity (Wildman–Crippen MR) is 142 cm³/mol. The Kier molecular flexibility index (Phi) is 7.76. The molecular formula is C29H24N4O4. The van der Waals surface area contributed by atoms with Crippen LogP contribution < -0.4 is 15.5 Å². The van der Waals surface area contributed by atoms with E-state index in [0.717, 1.165) is 16.3 Å². The number of fused-ring (bicyclic) bond motifs is 1. The summed E-state index contributed by atoms with van der Waals surface area (Å²) in [7, 11) is 0. The van der Waals surface area contributed by atoms with Crippen molar-refractivity contribution in [3.8, 4) is 17.6 Å². The molecule has 2 amide bonds. The first-order valence-electron chi connectivity index (χ1n) is 11.6. The van der Waals surface area contributed by atoms with Gasteiger partial charge in [0.15, 0.2) is 6.10 Å². The second-order valence-corrected chi connectivity index (χ2v) is 8.11. The first-order chi connectivity index (χ1) is 18.0. The van der Waals surface area contributed by atoms with Crippen molar-refractivity contribution in [2.24, 2.45) is 5.10 Å². The molecule has 0 aliphatic rings. The Labute approximate surface area is 213 Å². The normalized spacial score (nSPS) is 11.6. The number of ether oxygens (including phenoxy) is 1. The molecule has 0 radical (unpaired) electrons. The van der Waals surface area contributed by atoms with Gasteiger partial charge in [-0.15, -0.1) is 0 Å². The fraction of sp³-hybridized carbons (Fsp3) is 0.103. The Morgan fingerprint density at radius 2 is 1.76 bits per heavy atom. The molecule has 0 aliphatic carbocycles. The summed E-state index contributed by atoms with van der Waals surface area (Å²) in [5, 5.41) is 27.3. The third-order valence-corrected chi connectivity index (χ3v) is 5.65. The van der Waals surface area contributed by atoms with Crippen LogP contribution in [0.4, 0.5) is 5.69 Å². The Balaban J connectivity index is 1.50. The highest BCUT2D eigenvalue weighted by Crippen LogP contribution is 2.27. The van der Waals surface area contributed by atoms with Gasteiger partial charge < -0.3 is 15.2 Å². The number of benzene rings is 4. The second-order valence-electron chi connectivity index (χ2n) is 8.11. The van der Waals surface area contributed by atoms with Gasteiger partial charge >= 0.3 is 0 Å². The van der Waals surface area contributed by atoms with E-state index >= 15 is 0 Å². The minimum Gasteiger partial charge on any atom is -0.507 e. The second kappa shape index (κ2) is 11.5. The van der Waals surface area contributed by atoms with Crippen molar-refractivity contribution in [2.45, 2.75) is 19.4 Å². The Morgan fingerprint density at radius 1 is 1.03 bits per heavy atom. The first kappa shape index (κ1) is 24.9. The molecule has 0 aromatic heterocycles. The highest BCUT2D eigenvalue weighted by atomic mass is 16.5. The number of rotatable bonds is 8. The van der Waals surface area contributed by atoms with Crippen LogP contribution in [0.25, 0.3) is 10.8 Å². The van der Waals surface area contributed by atoms with Gasteiger partial charge in [-0.3, -0.25) is 9.59 Å². The lowest BCUT2D eigenvalue weighted by Gasteiger charge is -2.18. The predicted octanol–water partition coefficient (Wildman–Crippen LogP) is 4.98. The van der Waals surface area contributed by atoms with Gasteiger partial charge in [-0.2, -0.15) is 10.4 Å². The first-order valence-corrected chi connectivity index (χ1v) is 11.6. The molecule has 8 nitrogen and oxygen atoms in total. The molecular weight excluding hydrogens is 468 g/mol. The smallest absolute Gasteiger partial charge is 0.271 e. The lowest BCUT2D eigenvalue weighted by Crippen LogP contribution is -2.32. The summed E-state index contributed by atoms with van der Waals surface area (Å²) in [6, 6.07) is 26.1. The molecule has 8 heteroatoms. The molecule has 1 unspecified atom stereocenters. The van der Waals surface area contributed by atoms with Gasteiger partial charge in [0.2, 0.25) is 0 Å². The number of amides is 2. The van der Waals surface area contributed by atoms with Crippen molar-refractivity contribution >= 4 is 34.5 Å². The Hall–Kier alpha value is -5.16. The van der Waals surface area contributed by atoms with Gasteiger partial charge in [0, 0.05) is 22.2 Å². The number of aromatic hydroxyl groups is 1. The number of hydrogen-bond donors (Lipinski definition) is 3. The molecule has 0 spiro atoms. The van der Waals surface area contributed by atoms with Crippen molar-refractivity contribution in [2.75, 3.05) is 5.32 Å². The highest BCUT2D eigenvalue weighted by Gasteiger charge is 2.19. The molecule has 4 rings (SSSR count). The number of carbonyl (C=O) groups excluding carboxylic acids is 2. The van der Waals surface area contributed by atoms with Crippen LogP contribution in [0.5, 0.6) is 11.5 Å². The lowest BCUT2D eigenvalue weighted by atomic mass is 10.0. The van der Waals surface area contributed by atoms with Crippen molar-refractivity contribution in [3.05, 3.63) is 102 Å². The summed E-state index contributed by atoms with van der Waals surface area (Å²) in [6.45, 7) is 1.89. The van der Waals surface area contributed by atoms with Gasteiger partial charge in [0.1, 0.15) is 17.6 Å². The molecule has 4 aromatic carbocycles. The zero-order chi connectivity index (χ0) is 26.2. The van der Waals surface area contributed by atoms with Crippen LogP contribution in [0.2, 0.25) is 0 Å². The van der Waals surface area contributed by atoms with Crippen LogP contribution in [0.15, 0.2) is 90.0 Å². The van der Waals surface area contributed by atoms with E-state index in [4.69, 9.17) is 10.00 Å². The van der Waals surface area contributed by atoms with Gasteiger partial charge in [0.25, 0.3) is 11.8 Å². The molecule has 0 bridgehead atoms. The van der Waals surface area contributed by atoms with E-state index in [2.05, 4.69) is 15.8 Å². The molecule has 0 fully saturated rings. The summed E-state index contributed by atoms with van der Waals surface area (Å²) in [5.41, 5.74) is 3.98. The SMILES string of the molecule is CCC(Oc1ccccc1)C(=O)Nc1ccc(/C=N/NC(=O)c2ccc(O)c(C#N)c2)c2ccccc12. The molecule has 0 heterocycles. The van der Waals surface area contributed by atoms with Crippen molar-refractivity contribution in [1.29, 1.82) is 5.26 Å². The van der Waals surface area contributed by atoms with E-state index in [1.54, 1.807) is 12.1 Å². The monoisotopic (exact) mass is 492 g/mol. The molecule has 0 saturated heterocycles. The van der Waals surface area contributed by atoms with Crippen LogP contribution in [-0.4, -0.2) is 29.2 Å². The van der Waals surface area contributed by atoms with Crippen LogP contribution in [0, 0.1) is 11.3 Å². The molecule has 3 N–H and O–H groups in total. The number of hydrogen-bond acceptors (Lipinski definition) is 6. The average molecular weight is 493 g/mol. The molecule has 4 aromatic rings. The van der Waals surface area contributed by atoms with Crippen molar-refractivity contribution in [1.82, 2.24) is 5.43 Å². The number of nitriles is 1. The van der Waals surface area contributed by atoms with Crippen LogP contribution in [0.1, 0.15) is 34.8 Å². The third kappa shape index (κ3) is 5.92. The topological polar surface area (TPSA) is 124 Å². The lowest BCUT2D eigenvalue weighted by molar-refractivity contribution is -0.122. The van der Waals surface area contributed by atoms with Gasteiger partial charge in [0.05, 0.1) is 11.8 Å². The van der Waals surface area contributed by atoms with Crippen molar-refractivity contribution in [3.63, 3.8) is 0 Å². The summed E-state index contributed by atoms with van der Waals surface area (Å²) in [4.78, 5) is 25.4. The van der Waals surface area contributed by atoms with Crippen LogP contribution in [0.3, 0.4) is 0 Å². The van der Waals surface area contributed by atoms with Crippen molar-refractivity contribution < 1.29 is 19.4 Å². The van der Waals surface area contributed by atoms with E-state index in [9.17, 15) is 14.7 Å². The third-order valence-electron chi connectivity index (χ3n) is 5.65. The maximum absolute atomic E-state index is 13.0. The van der Waals surface area contributed by atoms with E-state index in [0.29, 0.717) is 17.9 Å². The van der Waals surface area contributed by atoms with Gasteiger partial charge in [-0.1, -0.05) is 55.5 Å². The molecule has 1 atom stereocenters. The number of para-hydroxylation sites is 1. The van der Waals surface area contributed by atoms with E-state index in [1.165, 1.54) is 24.4 Å². The molecule has 37 heavy (non-hydrogen) atoms. The van der Waals surface area contributed by atoms with E-state index < -0.39 is 12.0 Å². The average Bonchev–Trinajstić information content (AvgIpc) is 2.93. The molecule has 184 valence electrons. The summed E-state index contributed by atoms with van der Waals surface area (Å²) < 4.78 is 5.86. The van der Waals surface area contributed by atoms with Gasteiger partial charge in [-0.25, -0.2) is 5.43 Å². The number of carbonyl (C=O) groups is 2. The Morgan fingerprint density at radius 3 is 2.49 bits per heavy atom. The number of phenolic OH excluding ortho intramolecular Hbond substituents is 1. The zero-order valence-electron chi connectivity index (χ0n) is 20.0. The molecule has 0 aliphatic heterocycles. The number of phenols is 1. The number of nitrogens with one attached hydrogen (secondary N) is 2. The van der Waals surface area contributed by atoms with E-state index in [1.807, 2.05) is 67.6 Å². The quantitative estimate of drug-likeness (QED) is 0.236. The standard InChI is InChI=1S/C29H24N4O4/c1-2-27(37-22-8-4-3-5-9-22)29(36)32-25-14-12-20(23-10-6-7-11-24(23)25)18-31-33-28(35)19-13-15-26(34)21(16-19)17-30/h3-16,18,27,34H,2H2,1H3,(H,32,36)(H,33,35)/b31-18+. The van der Waals surface area contributed by atoms with E-state index in [-0.39, 0.29) is 22.8 Å². The molecule has 0 saturated carbocycles. The largest absolute Gasteiger partial charge is 0.507 e. The maximum Gasteiger partial charge on any atom is 0.271 e. The fourth-order valence-corrected chi connectivity index (χ4v) is 3.73. The minimum atomic E-state index is -0.654. The zero-order valence-corrected chi connectivity index (χ0v) is 20.0. The fourth-order valence-electron chi connectivity index (χ4n) is 3.73. The van der Waals surface area contributed by atoms with Gasteiger partial charge in [-0.05, 0) is 48.2 Å². The summed E-state index contributed by atoms with van der Waals surface area (Å²) >= 11 is 0. The summed E-state index contributed by atoms with van der Waals surface area (Å²) in [6.07, 6.45) is 1.35. The Bertz CT molecular complexity index is 1510. The van der Waals surface area contributed by atoms with Crippen LogP contribution >= 0.6 is 0 Å². The number of nitrogens with zero attached hydrogens (tertiary/aromatic N) is 2. The minimum absolute atomic E-state index is 0.000241. The maximum atomic E-state index is 13.0. The summed E-state index contributed by atoms with van der Waals surface area (Å²) in [5.74, 6) is -0.349.